The Morgan fingerprint density at radius 3 is 1.36 bits per heavy atom. The van der Waals surface area contributed by atoms with Crippen molar-refractivity contribution >= 4 is 0 Å². The summed E-state index contributed by atoms with van der Waals surface area (Å²) in [5.41, 5.74) is 3.85. The van der Waals surface area contributed by atoms with Gasteiger partial charge in [-0.2, -0.15) is 10.5 Å². The Bertz CT molecular complexity index is 896. The fourth-order valence-corrected chi connectivity index (χ4v) is 2.60. The fraction of sp³-hybridized carbons (Fsp3) is 0.231. The van der Waals surface area contributed by atoms with Crippen LogP contribution in [0.2, 0.25) is 0 Å². The minimum absolute atomic E-state index is 0.494. The van der Waals surface area contributed by atoms with Crippen LogP contribution in [0.25, 0.3) is 0 Å². The summed E-state index contributed by atoms with van der Waals surface area (Å²) in [6, 6.07) is 24.1. The van der Waals surface area contributed by atoms with Gasteiger partial charge in [0.1, 0.15) is 0 Å². The molecule has 28 heavy (non-hydrogen) atoms. The molecule has 0 amide bonds. The Morgan fingerprint density at radius 2 is 1.00 bits per heavy atom. The van der Waals surface area contributed by atoms with Gasteiger partial charge in [0, 0.05) is 35.1 Å². The molecule has 2 nitrogen and oxygen atoms in total. The molecule has 2 heteroatoms. The summed E-state index contributed by atoms with van der Waals surface area (Å²) in [6.07, 6.45) is 3.94. The third-order valence-electron chi connectivity index (χ3n) is 4.06. The van der Waals surface area contributed by atoms with E-state index in [0.29, 0.717) is 12.8 Å². The van der Waals surface area contributed by atoms with Gasteiger partial charge in [-0.1, -0.05) is 60.1 Å². The predicted molar refractivity (Wildman–Crippen MR) is 113 cm³/mol. The van der Waals surface area contributed by atoms with E-state index in [1.807, 2.05) is 60.7 Å². The van der Waals surface area contributed by atoms with Crippen LogP contribution in [0.3, 0.4) is 0 Å². The molecule has 0 saturated carbocycles. The van der Waals surface area contributed by atoms with Crippen LogP contribution < -0.4 is 0 Å². The quantitative estimate of drug-likeness (QED) is 0.483. The molecule has 0 aromatic heterocycles. The third-order valence-corrected chi connectivity index (χ3v) is 4.06. The number of nitrogens with zero attached hydrogens (tertiary/aromatic N) is 2. The van der Waals surface area contributed by atoms with Crippen molar-refractivity contribution in [2.24, 2.45) is 0 Å². The number of benzene rings is 2. The van der Waals surface area contributed by atoms with Crippen molar-refractivity contribution in [3.8, 4) is 35.8 Å². The molecule has 0 aliphatic carbocycles. The Kier molecular flexibility index (Phi) is 9.27. The minimum atomic E-state index is 0.494. The SMILES string of the molecule is N#CCCC/C(C#Cc1ccccc1)=C(\C#Cc1ccccc1)CCCC#N. The van der Waals surface area contributed by atoms with Gasteiger partial charge >= 0.3 is 0 Å². The summed E-state index contributed by atoms with van der Waals surface area (Å²) in [5.74, 6) is 13.0. The molecule has 0 unspecified atom stereocenters. The van der Waals surface area contributed by atoms with Crippen LogP contribution in [-0.4, -0.2) is 0 Å². The van der Waals surface area contributed by atoms with Crippen molar-refractivity contribution < 1.29 is 0 Å². The van der Waals surface area contributed by atoms with Crippen LogP contribution in [0.5, 0.6) is 0 Å². The lowest BCUT2D eigenvalue weighted by Crippen LogP contribution is -1.92. The molecule has 0 radical (unpaired) electrons. The van der Waals surface area contributed by atoms with E-state index in [2.05, 4.69) is 35.8 Å². The molecule has 2 aromatic carbocycles. The monoisotopic (exact) mass is 362 g/mol. The van der Waals surface area contributed by atoms with Crippen LogP contribution in [0, 0.1) is 46.3 Å². The average molecular weight is 362 g/mol. The smallest absolute Gasteiger partial charge is 0.0621 e. The standard InChI is InChI=1S/C26H22N2/c27-21-9-7-15-25(19-17-23-11-3-1-4-12-23)26(16-8-10-22-28)20-18-24-13-5-2-6-14-24/h1-6,11-14H,7-10,15-16H2/b26-25+. The second-order valence-electron chi connectivity index (χ2n) is 6.21. The number of unbranched alkanes of at least 4 members (excludes halogenated alkanes) is 2. The van der Waals surface area contributed by atoms with E-state index in [9.17, 15) is 0 Å². The molecular weight excluding hydrogens is 340 g/mol. The van der Waals surface area contributed by atoms with Gasteiger partial charge in [-0.05, 0) is 49.9 Å². The van der Waals surface area contributed by atoms with Gasteiger partial charge in [0.15, 0.2) is 0 Å². The van der Waals surface area contributed by atoms with Crippen LogP contribution in [0.15, 0.2) is 71.8 Å². The highest BCUT2D eigenvalue weighted by Gasteiger charge is 2.04. The van der Waals surface area contributed by atoms with Crippen molar-refractivity contribution in [1.29, 1.82) is 10.5 Å². The molecule has 0 atom stereocenters. The van der Waals surface area contributed by atoms with E-state index in [1.165, 1.54) is 0 Å². The zero-order valence-corrected chi connectivity index (χ0v) is 15.9. The first kappa shape index (κ1) is 20.6. The number of hydrogen-bond donors (Lipinski definition) is 0. The first-order valence-electron chi connectivity index (χ1n) is 9.43. The Hall–Kier alpha value is -3.72. The van der Waals surface area contributed by atoms with Crippen molar-refractivity contribution in [3.05, 3.63) is 82.9 Å². The molecule has 0 N–H and O–H groups in total. The van der Waals surface area contributed by atoms with Gasteiger partial charge in [-0.15, -0.1) is 0 Å². The lowest BCUT2D eigenvalue weighted by atomic mass is 9.97. The minimum Gasteiger partial charge on any atom is -0.198 e. The molecule has 0 heterocycles. The largest absolute Gasteiger partial charge is 0.198 e. The lowest BCUT2D eigenvalue weighted by Gasteiger charge is -2.05. The van der Waals surface area contributed by atoms with E-state index in [1.54, 1.807) is 0 Å². The number of rotatable bonds is 6. The summed E-state index contributed by atoms with van der Waals surface area (Å²) >= 11 is 0. The average Bonchev–Trinajstić information content (AvgIpc) is 2.75. The van der Waals surface area contributed by atoms with E-state index in [4.69, 9.17) is 10.5 Å². The molecule has 0 bridgehead atoms. The molecule has 136 valence electrons. The molecule has 2 aromatic rings. The summed E-state index contributed by atoms with van der Waals surface area (Å²) < 4.78 is 0. The van der Waals surface area contributed by atoms with Gasteiger partial charge in [0.05, 0.1) is 12.1 Å². The van der Waals surface area contributed by atoms with Gasteiger partial charge in [0.2, 0.25) is 0 Å². The maximum atomic E-state index is 8.88. The zero-order chi connectivity index (χ0) is 19.9. The molecule has 0 aliphatic heterocycles. The first-order valence-corrected chi connectivity index (χ1v) is 9.43. The summed E-state index contributed by atoms with van der Waals surface area (Å²) in [6.45, 7) is 0. The Balaban J connectivity index is 2.39. The van der Waals surface area contributed by atoms with Crippen LogP contribution in [0.4, 0.5) is 0 Å². The van der Waals surface area contributed by atoms with Crippen molar-refractivity contribution in [1.82, 2.24) is 0 Å². The molecule has 0 spiro atoms. The van der Waals surface area contributed by atoms with Crippen LogP contribution in [-0.2, 0) is 0 Å². The van der Waals surface area contributed by atoms with Crippen molar-refractivity contribution in [3.63, 3.8) is 0 Å². The predicted octanol–water partition coefficient (Wildman–Crippen LogP) is 5.77. The number of nitriles is 2. The maximum absolute atomic E-state index is 8.88. The zero-order valence-electron chi connectivity index (χ0n) is 15.9. The molecular formula is C26H22N2. The van der Waals surface area contributed by atoms with E-state index in [-0.39, 0.29) is 0 Å². The highest BCUT2D eigenvalue weighted by atomic mass is 14.2. The van der Waals surface area contributed by atoms with Gasteiger partial charge in [0.25, 0.3) is 0 Å². The van der Waals surface area contributed by atoms with Gasteiger partial charge in [-0.3, -0.25) is 0 Å². The number of allylic oxidation sites excluding steroid dienone is 2. The molecule has 2 rings (SSSR count). The van der Waals surface area contributed by atoms with Crippen molar-refractivity contribution in [2.75, 3.05) is 0 Å². The fourth-order valence-electron chi connectivity index (χ4n) is 2.60. The highest BCUT2D eigenvalue weighted by Crippen LogP contribution is 2.18. The third kappa shape index (κ3) is 7.67. The van der Waals surface area contributed by atoms with Gasteiger partial charge in [-0.25, -0.2) is 0 Å². The maximum Gasteiger partial charge on any atom is 0.0621 e. The molecule has 0 saturated heterocycles. The molecule has 0 fully saturated rings. The van der Waals surface area contributed by atoms with E-state index in [0.717, 1.165) is 48.0 Å². The summed E-state index contributed by atoms with van der Waals surface area (Å²) in [7, 11) is 0. The van der Waals surface area contributed by atoms with E-state index < -0.39 is 0 Å². The molecule has 0 aliphatic rings. The first-order chi connectivity index (χ1) is 13.8. The Morgan fingerprint density at radius 1 is 0.607 bits per heavy atom. The van der Waals surface area contributed by atoms with Crippen LogP contribution in [0.1, 0.15) is 49.7 Å². The second-order valence-corrected chi connectivity index (χ2v) is 6.21. The number of hydrogen-bond acceptors (Lipinski definition) is 2. The van der Waals surface area contributed by atoms with E-state index >= 15 is 0 Å². The topological polar surface area (TPSA) is 47.6 Å². The summed E-state index contributed by atoms with van der Waals surface area (Å²) in [4.78, 5) is 0. The second kappa shape index (κ2) is 12.6. The normalized spacial score (nSPS) is 10.2. The Labute approximate surface area is 168 Å². The van der Waals surface area contributed by atoms with Crippen molar-refractivity contribution in [2.45, 2.75) is 38.5 Å². The van der Waals surface area contributed by atoms with Gasteiger partial charge < -0.3 is 0 Å². The lowest BCUT2D eigenvalue weighted by molar-refractivity contribution is 0.818. The summed E-state index contributed by atoms with van der Waals surface area (Å²) in [5, 5.41) is 17.8. The van der Waals surface area contributed by atoms with Crippen LogP contribution >= 0.6 is 0 Å². The highest BCUT2D eigenvalue weighted by molar-refractivity contribution is 5.49.